The summed E-state index contributed by atoms with van der Waals surface area (Å²) in [5.41, 5.74) is 16.9. The highest BCUT2D eigenvalue weighted by Crippen LogP contribution is 2.37. The summed E-state index contributed by atoms with van der Waals surface area (Å²) in [6.07, 6.45) is 3.89. The van der Waals surface area contributed by atoms with Crippen molar-refractivity contribution in [2.45, 2.75) is 0 Å². The third-order valence-electron chi connectivity index (χ3n) is 9.71. The number of hydrogen-bond acceptors (Lipinski definition) is 2. The Bertz CT molecular complexity index is 2610. The SMILES string of the molecule is c1ccc(-c2cc(-c3ccccc3)cc(-c3cccc(-c4cccc(-c5cc(-c6cncc(-c7ccccc7)c6)c6ccccc6n5)c4)c3)c2)cc1. The maximum atomic E-state index is 5.17. The second kappa shape index (κ2) is 13.8. The Morgan fingerprint density at radius 1 is 0.269 bits per heavy atom. The molecule has 0 unspecified atom stereocenters. The van der Waals surface area contributed by atoms with E-state index in [0.717, 1.165) is 55.5 Å². The lowest BCUT2D eigenvalue weighted by atomic mass is 9.92. The Morgan fingerprint density at radius 3 is 1.29 bits per heavy atom. The molecule has 2 aromatic heterocycles. The van der Waals surface area contributed by atoms with Crippen molar-refractivity contribution in [3.63, 3.8) is 0 Å². The van der Waals surface area contributed by atoms with Crippen LogP contribution in [0.1, 0.15) is 0 Å². The number of benzene rings is 7. The van der Waals surface area contributed by atoms with Gasteiger partial charge in [-0.2, -0.15) is 0 Å². The number of pyridine rings is 2. The van der Waals surface area contributed by atoms with E-state index in [4.69, 9.17) is 4.98 Å². The fourth-order valence-corrected chi connectivity index (χ4v) is 7.06. The summed E-state index contributed by atoms with van der Waals surface area (Å²) in [4.78, 5) is 9.83. The molecule has 0 saturated carbocycles. The van der Waals surface area contributed by atoms with Crippen molar-refractivity contribution in [1.82, 2.24) is 9.97 Å². The lowest BCUT2D eigenvalue weighted by Gasteiger charge is -2.13. The fraction of sp³-hybridized carbons (Fsp3) is 0. The van der Waals surface area contributed by atoms with Gasteiger partial charge in [0.15, 0.2) is 0 Å². The zero-order chi connectivity index (χ0) is 34.7. The van der Waals surface area contributed by atoms with E-state index in [1.54, 1.807) is 0 Å². The van der Waals surface area contributed by atoms with Crippen molar-refractivity contribution in [1.29, 1.82) is 0 Å². The van der Waals surface area contributed by atoms with Crippen LogP contribution in [0, 0.1) is 0 Å². The lowest BCUT2D eigenvalue weighted by molar-refractivity contribution is 1.32. The number of nitrogens with zero attached hydrogens (tertiary/aromatic N) is 2. The summed E-state index contributed by atoms with van der Waals surface area (Å²) in [6, 6.07) is 69.0. The molecule has 0 bridgehead atoms. The minimum atomic E-state index is 0.930. The number of aromatic nitrogens is 2. The van der Waals surface area contributed by atoms with E-state index < -0.39 is 0 Å². The van der Waals surface area contributed by atoms with Gasteiger partial charge in [0.05, 0.1) is 11.2 Å². The van der Waals surface area contributed by atoms with Gasteiger partial charge in [-0.3, -0.25) is 4.98 Å². The maximum Gasteiger partial charge on any atom is 0.0716 e. The molecule has 0 aliphatic carbocycles. The second-order valence-electron chi connectivity index (χ2n) is 13.1. The molecule has 0 saturated heterocycles. The van der Waals surface area contributed by atoms with Crippen LogP contribution >= 0.6 is 0 Å². The second-order valence-corrected chi connectivity index (χ2v) is 13.1. The van der Waals surface area contributed by atoms with E-state index in [2.05, 4.69) is 193 Å². The number of para-hydroxylation sites is 1. The highest BCUT2D eigenvalue weighted by Gasteiger charge is 2.13. The van der Waals surface area contributed by atoms with Crippen molar-refractivity contribution >= 4 is 10.9 Å². The minimum Gasteiger partial charge on any atom is -0.263 e. The van der Waals surface area contributed by atoms with Crippen LogP contribution in [0.3, 0.4) is 0 Å². The van der Waals surface area contributed by atoms with Crippen LogP contribution in [0.4, 0.5) is 0 Å². The molecule has 2 heterocycles. The van der Waals surface area contributed by atoms with Gasteiger partial charge in [0, 0.05) is 34.5 Å². The van der Waals surface area contributed by atoms with Crippen molar-refractivity contribution in [2.24, 2.45) is 0 Å². The standard InChI is InChI=1S/C50H34N2/c1-4-14-35(15-5-1)42-28-43(36-16-6-2-7-17-36)30-44(29-42)40-22-12-20-38(26-40)39-21-13-23-41(27-39)50-32-48(47-24-10-11-25-49(47)52-50)46-31-45(33-51-34-46)37-18-8-3-9-19-37/h1-34H. The van der Waals surface area contributed by atoms with E-state index in [0.29, 0.717) is 0 Å². The van der Waals surface area contributed by atoms with E-state index in [1.807, 2.05) is 18.5 Å². The smallest absolute Gasteiger partial charge is 0.0716 e. The molecule has 0 atom stereocenters. The first-order valence-electron chi connectivity index (χ1n) is 17.6. The van der Waals surface area contributed by atoms with Gasteiger partial charge in [-0.05, 0) is 104 Å². The van der Waals surface area contributed by atoms with Crippen LogP contribution in [0.25, 0.3) is 88.9 Å². The van der Waals surface area contributed by atoms with Gasteiger partial charge in [0.2, 0.25) is 0 Å². The summed E-state index contributed by atoms with van der Waals surface area (Å²) in [5, 5.41) is 1.11. The predicted molar refractivity (Wildman–Crippen MR) is 218 cm³/mol. The monoisotopic (exact) mass is 662 g/mol. The highest BCUT2D eigenvalue weighted by molar-refractivity contribution is 5.97. The van der Waals surface area contributed by atoms with Crippen LogP contribution < -0.4 is 0 Å². The van der Waals surface area contributed by atoms with Gasteiger partial charge in [-0.25, -0.2) is 4.98 Å². The molecule has 0 N–H and O–H groups in total. The quantitative estimate of drug-likeness (QED) is 0.170. The Hall–Kier alpha value is -6.90. The normalized spacial score (nSPS) is 11.1. The molecular weight excluding hydrogens is 629 g/mol. The molecule has 0 amide bonds. The highest BCUT2D eigenvalue weighted by atomic mass is 14.7. The average Bonchev–Trinajstić information content (AvgIpc) is 3.24. The van der Waals surface area contributed by atoms with Crippen molar-refractivity contribution < 1.29 is 0 Å². The lowest BCUT2D eigenvalue weighted by Crippen LogP contribution is -1.92. The van der Waals surface area contributed by atoms with Crippen molar-refractivity contribution in [2.75, 3.05) is 0 Å². The molecule has 0 spiro atoms. The van der Waals surface area contributed by atoms with E-state index in [-0.39, 0.29) is 0 Å². The van der Waals surface area contributed by atoms with Gasteiger partial charge in [-0.15, -0.1) is 0 Å². The first-order chi connectivity index (χ1) is 25.7. The van der Waals surface area contributed by atoms with Gasteiger partial charge in [0.25, 0.3) is 0 Å². The van der Waals surface area contributed by atoms with E-state index in [9.17, 15) is 0 Å². The molecule has 0 aliphatic heterocycles. The van der Waals surface area contributed by atoms with Crippen molar-refractivity contribution in [3.8, 4) is 78.0 Å². The largest absolute Gasteiger partial charge is 0.263 e. The molecule has 0 radical (unpaired) electrons. The molecule has 52 heavy (non-hydrogen) atoms. The Balaban J connectivity index is 1.12. The van der Waals surface area contributed by atoms with Crippen LogP contribution in [0.5, 0.6) is 0 Å². The summed E-state index contributed by atoms with van der Waals surface area (Å²) in [6.45, 7) is 0. The van der Waals surface area contributed by atoms with Gasteiger partial charge in [0.1, 0.15) is 0 Å². The van der Waals surface area contributed by atoms with Gasteiger partial charge in [-0.1, -0.05) is 146 Å². The summed E-state index contributed by atoms with van der Waals surface area (Å²) >= 11 is 0. The number of rotatable bonds is 7. The first kappa shape index (κ1) is 31.1. The maximum absolute atomic E-state index is 5.17. The summed E-state index contributed by atoms with van der Waals surface area (Å²) in [7, 11) is 0. The molecule has 0 aliphatic rings. The van der Waals surface area contributed by atoms with E-state index in [1.165, 1.54) is 33.4 Å². The fourth-order valence-electron chi connectivity index (χ4n) is 7.06. The van der Waals surface area contributed by atoms with Crippen LogP contribution in [-0.2, 0) is 0 Å². The molecule has 9 rings (SSSR count). The topological polar surface area (TPSA) is 25.8 Å². The molecule has 7 aromatic carbocycles. The molecular formula is C50H34N2. The summed E-state index contributed by atoms with van der Waals surface area (Å²) < 4.78 is 0. The Morgan fingerprint density at radius 2 is 0.673 bits per heavy atom. The third-order valence-corrected chi connectivity index (χ3v) is 9.71. The number of fused-ring (bicyclic) bond motifs is 1. The van der Waals surface area contributed by atoms with Crippen LogP contribution in [-0.4, -0.2) is 9.97 Å². The van der Waals surface area contributed by atoms with Crippen LogP contribution in [0.2, 0.25) is 0 Å². The van der Waals surface area contributed by atoms with Gasteiger partial charge < -0.3 is 0 Å². The first-order valence-corrected chi connectivity index (χ1v) is 17.6. The molecule has 2 heteroatoms. The van der Waals surface area contributed by atoms with Crippen LogP contribution in [0.15, 0.2) is 207 Å². The Kier molecular flexibility index (Phi) is 8.24. The van der Waals surface area contributed by atoms with Gasteiger partial charge >= 0.3 is 0 Å². The minimum absolute atomic E-state index is 0.930. The third kappa shape index (κ3) is 6.30. The zero-order valence-corrected chi connectivity index (χ0v) is 28.5. The van der Waals surface area contributed by atoms with Crippen molar-refractivity contribution in [3.05, 3.63) is 207 Å². The zero-order valence-electron chi connectivity index (χ0n) is 28.5. The van der Waals surface area contributed by atoms with E-state index >= 15 is 0 Å². The molecule has 2 nitrogen and oxygen atoms in total. The predicted octanol–water partition coefficient (Wildman–Crippen LogP) is 13.3. The molecule has 244 valence electrons. The summed E-state index contributed by atoms with van der Waals surface area (Å²) in [5.74, 6) is 0. The molecule has 9 aromatic rings. The molecule has 0 fully saturated rings. The Labute approximate surface area is 304 Å². The average molecular weight is 663 g/mol. The number of hydrogen-bond donors (Lipinski definition) is 0.